The lowest BCUT2D eigenvalue weighted by atomic mass is 10.0. The number of nitrogens with zero attached hydrogens (tertiary/aromatic N) is 6. The van der Waals surface area contributed by atoms with Crippen molar-refractivity contribution < 1.29 is 8.42 Å². The number of imidazole rings is 4. The number of benzene rings is 6. The predicted molar refractivity (Wildman–Crippen MR) is 236 cm³/mol. The van der Waals surface area contributed by atoms with E-state index >= 15 is 0 Å². The van der Waals surface area contributed by atoms with E-state index in [1.54, 1.807) is 0 Å². The van der Waals surface area contributed by atoms with E-state index in [9.17, 15) is 8.42 Å². The highest BCUT2D eigenvalue weighted by Crippen LogP contribution is 2.43. The SMILES string of the molecule is Cc1cccc(-c2nc3ccc(-c4ccc5c(c4)nc(C)n5C4CS(=O)(=O)CC4n4c(-c5cccc(C)c5)nc5cc(-c6ccc7nc(C)[nH]c7c6)ccc54)cc3[nH]2)c1. The first-order valence-corrected chi connectivity index (χ1v) is 21.7. The van der Waals surface area contributed by atoms with Gasteiger partial charge in [0.25, 0.3) is 0 Å². The summed E-state index contributed by atoms with van der Waals surface area (Å²) in [4.78, 5) is 26.6. The van der Waals surface area contributed by atoms with Crippen LogP contribution in [0.5, 0.6) is 0 Å². The van der Waals surface area contributed by atoms with Gasteiger partial charge in [-0.25, -0.2) is 28.4 Å². The van der Waals surface area contributed by atoms with Crippen molar-refractivity contribution in [2.75, 3.05) is 11.5 Å². The number of aromatic nitrogens is 8. The summed E-state index contributed by atoms with van der Waals surface area (Å²) in [6.45, 7) is 8.08. The molecular weight excluding hydrogens is 753 g/mol. The highest BCUT2D eigenvalue weighted by molar-refractivity contribution is 7.91. The van der Waals surface area contributed by atoms with Gasteiger partial charge in [0.1, 0.15) is 23.3 Å². The molecule has 0 saturated carbocycles. The normalized spacial score (nSPS) is 16.6. The number of aromatic amines is 2. The summed E-state index contributed by atoms with van der Waals surface area (Å²) in [5.74, 6) is 3.22. The third-order valence-corrected chi connectivity index (χ3v) is 13.5. The minimum Gasteiger partial charge on any atom is -0.342 e. The van der Waals surface area contributed by atoms with Crippen LogP contribution in [0, 0.1) is 27.7 Å². The lowest BCUT2D eigenvalue weighted by molar-refractivity contribution is 0.411. The maximum atomic E-state index is 13.8. The number of hydrogen-bond acceptors (Lipinski definition) is 6. The van der Waals surface area contributed by atoms with Crippen molar-refractivity contribution in [1.82, 2.24) is 39.0 Å². The van der Waals surface area contributed by atoms with Gasteiger partial charge in [-0.1, -0.05) is 71.8 Å². The largest absolute Gasteiger partial charge is 0.342 e. The summed E-state index contributed by atoms with van der Waals surface area (Å²) in [6, 6.07) is 40.8. The monoisotopic (exact) mass is 792 g/mol. The maximum absolute atomic E-state index is 13.8. The van der Waals surface area contributed by atoms with Crippen LogP contribution in [0.25, 0.3) is 89.2 Å². The Bertz CT molecular complexity index is 3440. The van der Waals surface area contributed by atoms with Crippen molar-refractivity contribution in [3.05, 3.63) is 144 Å². The number of rotatable bonds is 6. The Balaban J connectivity index is 1.01. The number of nitrogens with one attached hydrogen (secondary N) is 2. The number of sulfone groups is 1. The molecule has 11 rings (SSSR count). The van der Waals surface area contributed by atoms with Crippen molar-refractivity contribution in [3.8, 4) is 45.0 Å². The summed E-state index contributed by atoms with van der Waals surface area (Å²) in [5.41, 5.74) is 15.6. The molecule has 2 unspecified atom stereocenters. The molecule has 2 atom stereocenters. The van der Waals surface area contributed by atoms with Crippen LogP contribution in [-0.4, -0.2) is 59.0 Å². The molecule has 0 bridgehead atoms. The van der Waals surface area contributed by atoms with E-state index in [4.69, 9.17) is 15.0 Å². The van der Waals surface area contributed by atoms with Gasteiger partial charge in [-0.2, -0.15) is 0 Å². The molecule has 4 aromatic heterocycles. The molecule has 0 radical (unpaired) electrons. The molecule has 5 heterocycles. The van der Waals surface area contributed by atoms with Crippen molar-refractivity contribution >= 4 is 54.0 Å². The summed E-state index contributed by atoms with van der Waals surface area (Å²) < 4.78 is 32.0. The van der Waals surface area contributed by atoms with E-state index in [1.165, 1.54) is 5.56 Å². The fourth-order valence-electron chi connectivity index (χ4n) is 9.16. The van der Waals surface area contributed by atoms with Crippen LogP contribution in [-0.2, 0) is 9.84 Å². The summed E-state index contributed by atoms with van der Waals surface area (Å²) >= 11 is 0. The molecule has 1 aliphatic rings. The van der Waals surface area contributed by atoms with Gasteiger partial charge < -0.3 is 19.1 Å². The number of hydrogen-bond donors (Lipinski definition) is 2. The Morgan fingerprint density at radius 2 is 1.05 bits per heavy atom. The summed E-state index contributed by atoms with van der Waals surface area (Å²) in [7, 11) is -3.44. The summed E-state index contributed by atoms with van der Waals surface area (Å²) in [5, 5.41) is 0. The Morgan fingerprint density at radius 1 is 0.508 bits per heavy atom. The van der Waals surface area contributed by atoms with Gasteiger partial charge in [0, 0.05) is 11.1 Å². The molecule has 290 valence electrons. The third-order valence-electron chi connectivity index (χ3n) is 11.8. The lowest BCUT2D eigenvalue weighted by Crippen LogP contribution is -2.23. The van der Waals surface area contributed by atoms with Crippen LogP contribution in [0.4, 0.5) is 0 Å². The molecule has 0 spiro atoms. The zero-order valence-electron chi connectivity index (χ0n) is 33.0. The number of fused-ring (bicyclic) bond motifs is 4. The Labute approximate surface area is 340 Å². The van der Waals surface area contributed by atoms with Crippen molar-refractivity contribution in [2.45, 2.75) is 39.8 Å². The minimum absolute atomic E-state index is 0.000109. The Morgan fingerprint density at radius 3 is 1.73 bits per heavy atom. The molecule has 11 heteroatoms. The minimum atomic E-state index is -3.44. The lowest BCUT2D eigenvalue weighted by Gasteiger charge is -2.25. The first-order chi connectivity index (χ1) is 28.5. The van der Waals surface area contributed by atoms with Gasteiger partial charge >= 0.3 is 0 Å². The summed E-state index contributed by atoms with van der Waals surface area (Å²) in [6.07, 6.45) is 0. The molecule has 0 aliphatic carbocycles. The fourth-order valence-corrected chi connectivity index (χ4v) is 11.1. The van der Waals surface area contributed by atoms with Gasteiger partial charge in [-0.15, -0.1) is 0 Å². The van der Waals surface area contributed by atoms with E-state index in [0.717, 1.165) is 106 Å². The Hall–Kier alpha value is -6.85. The van der Waals surface area contributed by atoms with Crippen LogP contribution in [0.15, 0.2) is 121 Å². The van der Waals surface area contributed by atoms with Crippen LogP contribution in [0.1, 0.15) is 34.9 Å². The van der Waals surface area contributed by atoms with Gasteiger partial charge in [0.15, 0.2) is 9.84 Å². The van der Waals surface area contributed by atoms with Crippen LogP contribution in [0.3, 0.4) is 0 Å². The van der Waals surface area contributed by atoms with Crippen molar-refractivity contribution in [3.63, 3.8) is 0 Å². The van der Waals surface area contributed by atoms with E-state index < -0.39 is 21.9 Å². The molecule has 6 aromatic carbocycles. The van der Waals surface area contributed by atoms with Gasteiger partial charge in [0.2, 0.25) is 0 Å². The topological polar surface area (TPSA) is 127 Å². The number of aryl methyl sites for hydroxylation is 4. The zero-order chi connectivity index (χ0) is 40.2. The van der Waals surface area contributed by atoms with Gasteiger partial charge in [-0.05, 0) is 111 Å². The fraction of sp³-hybridized carbons (Fsp3) is 0.167. The first-order valence-electron chi connectivity index (χ1n) is 19.9. The molecule has 10 nitrogen and oxygen atoms in total. The molecule has 10 aromatic rings. The first kappa shape index (κ1) is 35.3. The molecule has 2 N–H and O–H groups in total. The average molecular weight is 793 g/mol. The Kier molecular flexibility index (Phi) is 7.83. The molecular formula is C48H40N8O2S. The second kappa shape index (κ2) is 13.1. The van der Waals surface area contributed by atoms with Crippen LogP contribution >= 0.6 is 0 Å². The molecule has 59 heavy (non-hydrogen) atoms. The number of H-pyrrole nitrogens is 2. The maximum Gasteiger partial charge on any atom is 0.154 e. The van der Waals surface area contributed by atoms with E-state index in [-0.39, 0.29) is 11.5 Å². The predicted octanol–water partition coefficient (Wildman–Crippen LogP) is 10.3. The highest BCUT2D eigenvalue weighted by atomic mass is 32.2. The quantitative estimate of drug-likeness (QED) is 0.173. The van der Waals surface area contributed by atoms with Crippen molar-refractivity contribution in [1.29, 1.82) is 0 Å². The second-order valence-electron chi connectivity index (χ2n) is 16.1. The molecule has 0 amide bonds. The second-order valence-corrected chi connectivity index (χ2v) is 18.2. The average Bonchev–Trinajstić information content (AvgIpc) is 4.03. The van der Waals surface area contributed by atoms with E-state index in [0.29, 0.717) is 0 Å². The standard InChI is InChI=1S/C48H40N8O2S/c1-27-7-5-9-35(19-27)47-52-38-16-12-32(22-40(38)53-47)33-13-17-43-41(23-33)51-30(4)55(43)45-25-59(57,58)26-46(45)56-44-18-14-34(31-11-15-37-39(21-31)50-29(3)49-37)24-42(44)54-48(56)36-10-6-8-28(2)20-36/h5-24,45-46H,25-26H2,1-4H3,(H,49,50)(H,52,53). The van der Waals surface area contributed by atoms with Crippen LogP contribution in [0.2, 0.25) is 0 Å². The molecule has 1 saturated heterocycles. The van der Waals surface area contributed by atoms with Gasteiger partial charge in [0.05, 0.1) is 67.7 Å². The van der Waals surface area contributed by atoms with Crippen LogP contribution < -0.4 is 0 Å². The molecule has 1 aliphatic heterocycles. The van der Waals surface area contributed by atoms with Crippen molar-refractivity contribution in [2.24, 2.45) is 0 Å². The highest BCUT2D eigenvalue weighted by Gasteiger charge is 2.43. The molecule has 1 fully saturated rings. The van der Waals surface area contributed by atoms with E-state index in [2.05, 4.69) is 135 Å². The smallest absolute Gasteiger partial charge is 0.154 e. The third kappa shape index (κ3) is 6.03. The van der Waals surface area contributed by atoms with E-state index in [1.807, 2.05) is 38.1 Å². The zero-order valence-corrected chi connectivity index (χ0v) is 33.8. The van der Waals surface area contributed by atoms with Gasteiger partial charge in [-0.3, -0.25) is 0 Å².